The minimum atomic E-state index is 0.434. The lowest BCUT2D eigenvalue weighted by atomic mass is 9.89. The highest BCUT2D eigenvalue weighted by Crippen LogP contribution is 2.37. The van der Waals surface area contributed by atoms with E-state index < -0.39 is 0 Å². The van der Waals surface area contributed by atoms with Crippen LogP contribution in [0.2, 0.25) is 0 Å². The Bertz CT molecular complexity index is 657. The van der Waals surface area contributed by atoms with E-state index in [1.54, 1.807) is 4.68 Å². The monoisotopic (exact) mass is 348 g/mol. The van der Waals surface area contributed by atoms with Crippen LogP contribution in [0.15, 0.2) is 22.7 Å². The van der Waals surface area contributed by atoms with E-state index in [-0.39, 0.29) is 0 Å². The van der Waals surface area contributed by atoms with Crippen molar-refractivity contribution in [1.29, 1.82) is 0 Å². The van der Waals surface area contributed by atoms with E-state index >= 15 is 0 Å². The second-order valence-corrected chi connectivity index (χ2v) is 6.75. The van der Waals surface area contributed by atoms with Crippen LogP contribution in [0.25, 0.3) is 11.3 Å². The van der Waals surface area contributed by atoms with Crippen molar-refractivity contribution in [3.63, 3.8) is 0 Å². The molecule has 0 atom stereocenters. The predicted octanol–water partition coefficient (Wildman–Crippen LogP) is 3.96. The van der Waals surface area contributed by atoms with Crippen LogP contribution in [0.1, 0.15) is 49.4 Å². The Morgan fingerprint density at radius 3 is 2.62 bits per heavy atom. The smallest absolute Gasteiger partial charge is 0.150 e. The first-order valence-corrected chi connectivity index (χ1v) is 8.27. The first-order valence-electron chi connectivity index (χ1n) is 7.47. The molecule has 1 aromatic carbocycles. The molecule has 0 saturated heterocycles. The van der Waals surface area contributed by atoms with Crippen LogP contribution in [0.5, 0.6) is 0 Å². The molecule has 1 aliphatic rings. The number of hydrogen-bond donors (Lipinski definition) is 2. The van der Waals surface area contributed by atoms with Crippen LogP contribution in [0, 0.1) is 6.92 Å². The number of anilines is 1. The van der Waals surface area contributed by atoms with Gasteiger partial charge in [-0.15, -0.1) is 0 Å². The maximum absolute atomic E-state index is 6.20. The molecule has 5 heteroatoms. The minimum absolute atomic E-state index is 0.434. The van der Waals surface area contributed by atoms with Crippen molar-refractivity contribution in [2.45, 2.75) is 44.9 Å². The van der Waals surface area contributed by atoms with E-state index in [9.17, 15) is 0 Å². The Kier molecular flexibility index (Phi) is 3.93. The largest absolute Gasteiger partial charge is 0.382 e. The van der Waals surface area contributed by atoms with E-state index in [1.807, 2.05) is 6.07 Å². The molecule has 1 aromatic heterocycles. The normalized spacial score (nSPS) is 16.3. The molecule has 1 fully saturated rings. The predicted molar refractivity (Wildman–Crippen MR) is 90.5 cm³/mol. The summed E-state index contributed by atoms with van der Waals surface area (Å²) in [6.07, 6.45) is 6.12. The van der Waals surface area contributed by atoms with Gasteiger partial charge in [-0.1, -0.05) is 47.3 Å². The molecule has 1 heterocycles. The number of benzene rings is 1. The zero-order valence-corrected chi connectivity index (χ0v) is 13.9. The molecule has 0 unspecified atom stereocenters. The van der Waals surface area contributed by atoms with Gasteiger partial charge in [0.15, 0.2) is 5.82 Å². The molecular formula is C16H21BrN4. The summed E-state index contributed by atoms with van der Waals surface area (Å²) in [5.41, 5.74) is 9.18. The summed E-state index contributed by atoms with van der Waals surface area (Å²) in [4.78, 5) is 4.78. The van der Waals surface area contributed by atoms with Gasteiger partial charge >= 0.3 is 0 Å². The SMILES string of the molecule is Cc1ccc(-c2nc(C3CCCCC3)n(N)c2N)c(Br)c1. The summed E-state index contributed by atoms with van der Waals surface area (Å²) < 4.78 is 2.58. The van der Waals surface area contributed by atoms with Gasteiger partial charge < -0.3 is 11.6 Å². The Hall–Kier alpha value is -1.49. The Morgan fingerprint density at radius 1 is 1.24 bits per heavy atom. The lowest BCUT2D eigenvalue weighted by Crippen LogP contribution is -2.19. The van der Waals surface area contributed by atoms with Gasteiger partial charge in [-0.25, -0.2) is 9.66 Å². The van der Waals surface area contributed by atoms with Crippen molar-refractivity contribution in [2.24, 2.45) is 0 Å². The lowest BCUT2D eigenvalue weighted by Gasteiger charge is -2.20. The molecule has 0 aliphatic heterocycles. The first kappa shape index (κ1) is 14.4. The van der Waals surface area contributed by atoms with Gasteiger partial charge in [0.1, 0.15) is 11.5 Å². The molecule has 3 rings (SSSR count). The molecule has 0 amide bonds. The molecule has 4 nitrogen and oxygen atoms in total. The van der Waals surface area contributed by atoms with Crippen molar-refractivity contribution in [1.82, 2.24) is 9.66 Å². The summed E-state index contributed by atoms with van der Waals surface area (Å²) in [5, 5.41) is 0. The first-order chi connectivity index (χ1) is 10.1. The van der Waals surface area contributed by atoms with E-state index in [2.05, 4.69) is 35.0 Å². The summed E-state index contributed by atoms with van der Waals surface area (Å²) in [6.45, 7) is 2.06. The molecule has 112 valence electrons. The average Bonchev–Trinajstić information content (AvgIpc) is 2.77. The van der Waals surface area contributed by atoms with E-state index in [0.29, 0.717) is 11.7 Å². The van der Waals surface area contributed by atoms with Crippen molar-refractivity contribution in [2.75, 3.05) is 11.6 Å². The fourth-order valence-electron chi connectivity index (χ4n) is 3.12. The molecule has 0 radical (unpaired) electrons. The van der Waals surface area contributed by atoms with Crippen LogP contribution < -0.4 is 11.6 Å². The standard InChI is InChI=1S/C16H21BrN4/c1-10-7-8-12(13(17)9-10)14-15(18)21(19)16(20-14)11-5-3-2-4-6-11/h7-9,11H,2-6,18-19H2,1H3. The van der Waals surface area contributed by atoms with Gasteiger partial charge in [0.05, 0.1) is 0 Å². The van der Waals surface area contributed by atoms with Crippen LogP contribution >= 0.6 is 15.9 Å². The lowest BCUT2D eigenvalue weighted by molar-refractivity contribution is 0.424. The Morgan fingerprint density at radius 2 is 1.95 bits per heavy atom. The van der Waals surface area contributed by atoms with E-state index in [4.69, 9.17) is 16.6 Å². The molecule has 2 aromatic rings. The molecular weight excluding hydrogens is 328 g/mol. The number of rotatable bonds is 2. The molecule has 1 aliphatic carbocycles. The number of aromatic nitrogens is 2. The number of nitrogens with two attached hydrogens (primary N) is 2. The van der Waals surface area contributed by atoms with Crippen molar-refractivity contribution < 1.29 is 0 Å². The van der Waals surface area contributed by atoms with Crippen LogP contribution in [0.4, 0.5) is 5.82 Å². The molecule has 4 N–H and O–H groups in total. The summed E-state index contributed by atoms with van der Waals surface area (Å²) in [5.74, 6) is 8.07. The molecule has 0 bridgehead atoms. The highest BCUT2D eigenvalue weighted by atomic mass is 79.9. The van der Waals surface area contributed by atoms with Crippen LogP contribution in [-0.2, 0) is 0 Å². The van der Waals surface area contributed by atoms with Crippen molar-refractivity contribution >= 4 is 21.7 Å². The second-order valence-electron chi connectivity index (χ2n) is 5.89. The van der Waals surface area contributed by atoms with Crippen LogP contribution in [0.3, 0.4) is 0 Å². The fourth-order valence-corrected chi connectivity index (χ4v) is 3.80. The van der Waals surface area contributed by atoms with Gasteiger partial charge in [-0.2, -0.15) is 0 Å². The van der Waals surface area contributed by atoms with Gasteiger partial charge in [-0.3, -0.25) is 0 Å². The minimum Gasteiger partial charge on any atom is -0.382 e. The van der Waals surface area contributed by atoms with Crippen molar-refractivity contribution in [3.05, 3.63) is 34.1 Å². The number of halogens is 1. The highest BCUT2D eigenvalue weighted by Gasteiger charge is 2.24. The van der Waals surface area contributed by atoms with Gasteiger partial charge in [-0.05, 0) is 31.4 Å². The number of hydrogen-bond acceptors (Lipinski definition) is 3. The molecule has 0 spiro atoms. The van der Waals surface area contributed by atoms with E-state index in [0.717, 1.165) is 34.4 Å². The van der Waals surface area contributed by atoms with Gasteiger partial charge in [0.2, 0.25) is 0 Å². The number of nitrogens with zero attached hydrogens (tertiary/aromatic N) is 2. The third-order valence-corrected chi connectivity index (χ3v) is 4.98. The molecule has 1 saturated carbocycles. The average molecular weight is 349 g/mol. The van der Waals surface area contributed by atoms with Crippen LogP contribution in [-0.4, -0.2) is 9.66 Å². The quantitative estimate of drug-likeness (QED) is 0.806. The number of imidazole rings is 1. The van der Waals surface area contributed by atoms with Crippen molar-refractivity contribution in [3.8, 4) is 11.3 Å². The molecule has 21 heavy (non-hydrogen) atoms. The Balaban J connectivity index is 2.03. The van der Waals surface area contributed by atoms with E-state index in [1.165, 1.54) is 24.8 Å². The summed E-state index contributed by atoms with van der Waals surface area (Å²) >= 11 is 3.60. The third-order valence-electron chi connectivity index (χ3n) is 4.33. The Labute approximate surface area is 133 Å². The third kappa shape index (κ3) is 2.67. The summed E-state index contributed by atoms with van der Waals surface area (Å²) in [7, 11) is 0. The second kappa shape index (κ2) is 5.72. The number of nitrogen functional groups attached to an aromatic ring is 2. The maximum Gasteiger partial charge on any atom is 0.150 e. The number of aryl methyl sites for hydroxylation is 1. The summed E-state index contributed by atoms with van der Waals surface area (Å²) in [6, 6.07) is 6.18. The fraction of sp³-hybridized carbons (Fsp3) is 0.438. The zero-order valence-electron chi connectivity index (χ0n) is 12.3. The zero-order chi connectivity index (χ0) is 15.0. The highest BCUT2D eigenvalue weighted by molar-refractivity contribution is 9.10. The maximum atomic E-state index is 6.20. The topological polar surface area (TPSA) is 69.9 Å². The van der Waals surface area contributed by atoms with Gasteiger partial charge in [0, 0.05) is 16.0 Å². The van der Waals surface area contributed by atoms with Gasteiger partial charge in [0.25, 0.3) is 0 Å².